The van der Waals surface area contributed by atoms with Gasteiger partial charge in [0.15, 0.2) is 0 Å². The minimum atomic E-state index is -1.05. The van der Waals surface area contributed by atoms with Crippen LogP contribution in [0.1, 0.15) is 30.6 Å². The van der Waals surface area contributed by atoms with E-state index in [1.807, 2.05) is 6.07 Å². The summed E-state index contributed by atoms with van der Waals surface area (Å²) in [6.07, 6.45) is 0.394. The second kappa shape index (κ2) is 5.52. The van der Waals surface area contributed by atoms with Crippen LogP contribution in [0, 0.1) is 0 Å². The van der Waals surface area contributed by atoms with Crippen molar-refractivity contribution in [3.05, 3.63) is 42.0 Å². The molecule has 3 rings (SSSR count). The summed E-state index contributed by atoms with van der Waals surface area (Å²) in [5.41, 5.74) is 1.20. The predicted molar refractivity (Wildman–Crippen MR) is 87.2 cm³/mol. The Morgan fingerprint density at radius 2 is 1.96 bits per heavy atom. The highest BCUT2D eigenvalue weighted by molar-refractivity contribution is 6.10. The SMILES string of the molecule is CC[C@@]1(C)NC(=O)N(NC(=O)c2ccc3ccccc3c2O)C1=O. The Morgan fingerprint density at radius 1 is 1.25 bits per heavy atom. The minimum Gasteiger partial charge on any atom is -0.506 e. The largest absolute Gasteiger partial charge is 0.506 e. The smallest absolute Gasteiger partial charge is 0.344 e. The summed E-state index contributed by atoms with van der Waals surface area (Å²) < 4.78 is 0. The first-order valence-corrected chi connectivity index (χ1v) is 7.56. The number of carbonyl (C=O) groups excluding carboxylic acids is 3. The zero-order valence-electron chi connectivity index (χ0n) is 13.3. The molecule has 2 aromatic carbocycles. The molecule has 24 heavy (non-hydrogen) atoms. The van der Waals surface area contributed by atoms with Crippen LogP contribution in [0.15, 0.2) is 36.4 Å². The van der Waals surface area contributed by atoms with Crippen LogP contribution in [0.4, 0.5) is 4.79 Å². The quantitative estimate of drug-likeness (QED) is 0.750. The lowest BCUT2D eigenvalue weighted by atomic mass is 10.00. The third-order valence-corrected chi connectivity index (χ3v) is 4.33. The van der Waals surface area contributed by atoms with Crippen molar-refractivity contribution in [2.75, 3.05) is 0 Å². The molecule has 124 valence electrons. The number of aromatic hydroxyl groups is 1. The van der Waals surface area contributed by atoms with Crippen LogP contribution < -0.4 is 10.7 Å². The number of benzene rings is 2. The van der Waals surface area contributed by atoms with Crippen molar-refractivity contribution in [3.63, 3.8) is 0 Å². The van der Waals surface area contributed by atoms with E-state index in [1.54, 1.807) is 38.1 Å². The van der Waals surface area contributed by atoms with E-state index in [1.165, 1.54) is 6.07 Å². The van der Waals surface area contributed by atoms with Gasteiger partial charge in [0.05, 0.1) is 5.56 Å². The molecule has 1 fully saturated rings. The molecule has 3 N–H and O–H groups in total. The summed E-state index contributed by atoms with van der Waals surface area (Å²) in [7, 11) is 0. The Labute approximate surface area is 138 Å². The number of hydrogen-bond acceptors (Lipinski definition) is 4. The van der Waals surface area contributed by atoms with Gasteiger partial charge in [-0.3, -0.25) is 15.0 Å². The molecule has 0 saturated carbocycles. The average Bonchev–Trinajstić information content (AvgIpc) is 2.79. The number of nitrogens with one attached hydrogen (secondary N) is 2. The minimum absolute atomic E-state index is 0.0144. The lowest BCUT2D eigenvalue weighted by Crippen LogP contribution is -2.48. The summed E-state index contributed by atoms with van der Waals surface area (Å²) >= 11 is 0. The number of phenolic OH excluding ortho intramolecular Hbond substituents is 1. The van der Waals surface area contributed by atoms with Crippen molar-refractivity contribution in [2.24, 2.45) is 0 Å². The molecule has 1 aliphatic heterocycles. The number of amides is 4. The van der Waals surface area contributed by atoms with Crippen LogP contribution in [0.5, 0.6) is 5.75 Å². The van der Waals surface area contributed by atoms with Crippen LogP contribution in [0.3, 0.4) is 0 Å². The van der Waals surface area contributed by atoms with Crippen molar-refractivity contribution in [3.8, 4) is 5.75 Å². The van der Waals surface area contributed by atoms with E-state index in [9.17, 15) is 19.5 Å². The molecule has 0 spiro atoms. The first-order valence-electron chi connectivity index (χ1n) is 7.56. The average molecular weight is 327 g/mol. The van der Waals surface area contributed by atoms with Gasteiger partial charge in [-0.05, 0) is 24.8 Å². The van der Waals surface area contributed by atoms with E-state index in [4.69, 9.17) is 0 Å². The maximum atomic E-state index is 12.4. The molecule has 0 radical (unpaired) electrons. The van der Waals surface area contributed by atoms with Gasteiger partial charge in [-0.15, -0.1) is 0 Å². The number of hydrogen-bond donors (Lipinski definition) is 3. The highest BCUT2D eigenvalue weighted by atomic mass is 16.3. The topological polar surface area (TPSA) is 98.7 Å². The van der Waals surface area contributed by atoms with Gasteiger partial charge >= 0.3 is 6.03 Å². The van der Waals surface area contributed by atoms with Gasteiger partial charge in [0.2, 0.25) is 0 Å². The van der Waals surface area contributed by atoms with E-state index in [2.05, 4.69) is 10.7 Å². The Bertz CT molecular complexity index is 864. The third kappa shape index (κ3) is 2.34. The highest BCUT2D eigenvalue weighted by Gasteiger charge is 2.47. The lowest BCUT2D eigenvalue weighted by molar-refractivity contribution is -0.132. The van der Waals surface area contributed by atoms with E-state index in [-0.39, 0.29) is 11.3 Å². The fourth-order valence-electron chi connectivity index (χ4n) is 2.63. The van der Waals surface area contributed by atoms with Crippen molar-refractivity contribution < 1.29 is 19.5 Å². The monoisotopic (exact) mass is 327 g/mol. The molecule has 1 aliphatic rings. The molecular weight excluding hydrogens is 310 g/mol. The van der Waals surface area contributed by atoms with Crippen molar-refractivity contribution in [1.82, 2.24) is 15.8 Å². The Balaban J connectivity index is 1.90. The first kappa shape index (κ1) is 15.8. The van der Waals surface area contributed by atoms with Crippen LogP contribution in [-0.2, 0) is 4.79 Å². The second-order valence-electron chi connectivity index (χ2n) is 5.88. The molecule has 0 bridgehead atoms. The van der Waals surface area contributed by atoms with Gasteiger partial charge in [-0.1, -0.05) is 37.3 Å². The first-order chi connectivity index (χ1) is 11.4. The number of rotatable bonds is 3. The van der Waals surface area contributed by atoms with E-state index in [0.717, 1.165) is 5.39 Å². The fraction of sp³-hybridized carbons (Fsp3) is 0.235. The van der Waals surface area contributed by atoms with Crippen LogP contribution in [-0.4, -0.2) is 33.5 Å². The molecule has 1 saturated heterocycles. The van der Waals surface area contributed by atoms with Gasteiger partial charge in [-0.25, -0.2) is 4.79 Å². The molecule has 1 heterocycles. The molecule has 0 unspecified atom stereocenters. The standard InChI is InChI=1S/C17H17N3O4/c1-3-17(2)15(23)20(16(24)18-17)19-14(22)12-9-8-10-6-4-5-7-11(10)13(12)21/h4-9,21H,3H2,1-2H3,(H,18,24)(H,19,22)/t17-/m1/s1. The maximum absolute atomic E-state index is 12.4. The number of urea groups is 1. The number of nitrogens with zero attached hydrogens (tertiary/aromatic N) is 1. The number of phenols is 1. The summed E-state index contributed by atoms with van der Waals surface area (Å²) in [5, 5.41) is 14.8. The molecule has 1 atom stereocenters. The van der Waals surface area contributed by atoms with Gasteiger partial charge in [0.1, 0.15) is 11.3 Å². The number of hydrazine groups is 1. The maximum Gasteiger partial charge on any atom is 0.344 e. The summed E-state index contributed by atoms with van der Waals surface area (Å²) in [4.78, 5) is 36.6. The number of imide groups is 1. The molecular formula is C17H17N3O4. The van der Waals surface area contributed by atoms with E-state index in [0.29, 0.717) is 16.8 Å². The van der Waals surface area contributed by atoms with Gasteiger partial charge in [0.25, 0.3) is 11.8 Å². The molecule has 7 nitrogen and oxygen atoms in total. The summed E-state index contributed by atoms with van der Waals surface area (Å²) in [6.45, 7) is 3.35. The predicted octanol–water partition coefficient (Wildman–Crippen LogP) is 1.91. The normalized spacial score (nSPS) is 20.3. The summed E-state index contributed by atoms with van der Waals surface area (Å²) in [5.74, 6) is -1.47. The molecule has 7 heteroatoms. The third-order valence-electron chi connectivity index (χ3n) is 4.33. The van der Waals surface area contributed by atoms with Gasteiger partial charge < -0.3 is 10.4 Å². The number of carbonyl (C=O) groups is 3. The molecule has 4 amide bonds. The van der Waals surface area contributed by atoms with Crippen LogP contribution >= 0.6 is 0 Å². The van der Waals surface area contributed by atoms with Gasteiger partial charge in [0, 0.05) is 5.39 Å². The molecule has 0 aromatic heterocycles. The van der Waals surface area contributed by atoms with Crippen molar-refractivity contribution in [2.45, 2.75) is 25.8 Å². The highest BCUT2D eigenvalue weighted by Crippen LogP contribution is 2.28. The Hall–Kier alpha value is -3.09. The fourth-order valence-corrected chi connectivity index (χ4v) is 2.63. The molecule has 2 aromatic rings. The van der Waals surface area contributed by atoms with Crippen molar-refractivity contribution >= 4 is 28.6 Å². The number of fused-ring (bicyclic) bond motifs is 1. The lowest BCUT2D eigenvalue weighted by Gasteiger charge is -2.19. The Morgan fingerprint density at radius 3 is 2.62 bits per heavy atom. The zero-order valence-corrected chi connectivity index (χ0v) is 13.3. The molecule has 0 aliphatic carbocycles. The Kier molecular flexibility index (Phi) is 3.63. The second-order valence-corrected chi connectivity index (χ2v) is 5.88. The zero-order chi connectivity index (χ0) is 17.5. The van der Waals surface area contributed by atoms with E-state index >= 15 is 0 Å². The van der Waals surface area contributed by atoms with Gasteiger partial charge in [-0.2, -0.15) is 5.01 Å². The van der Waals surface area contributed by atoms with E-state index < -0.39 is 23.4 Å². The van der Waals surface area contributed by atoms with Crippen molar-refractivity contribution in [1.29, 1.82) is 0 Å². The van der Waals surface area contributed by atoms with Crippen LogP contribution in [0.25, 0.3) is 10.8 Å². The summed E-state index contributed by atoms with van der Waals surface area (Å²) in [6, 6.07) is 9.49. The van der Waals surface area contributed by atoms with Crippen LogP contribution in [0.2, 0.25) is 0 Å².